The molecule has 0 unspecified atom stereocenters. The van der Waals surface area contributed by atoms with Gasteiger partial charge in [0, 0.05) is 27.5 Å². The largest absolute Gasteiger partial charge is 0.456 e. The van der Waals surface area contributed by atoms with Crippen LogP contribution in [-0.2, 0) is 0 Å². The number of furan rings is 1. The fourth-order valence-corrected chi connectivity index (χ4v) is 8.09. The first-order chi connectivity index (χ1) is 27.2. The summed E-state index contributed by atoms with van der Waals surface area (Å²) in [5.41, 5.74) is 8.93. The van der Waals surface area contributed by atoms with E-state index < -0.39 is 0 Å². The van der Waals surface area contributed by atoms with Crippen molar-refractivity contribution in [1.82, 2.24) is 15.0 Å². The predicted octanol–water partition coefficient (Wildman–Crippen LogP) is 13.6. The highest BCUT2D eigenvalue weighted by atomic mass is 16.3. The van der Waals surface area contributed by atoms with Crippen LogP contribution in [0, 0.1) is 0 Å². The Kier molecular flexibility index (Phi) is 7.14. The van der Waals surface area contributed by atoms with Gasteiger partial charge in [0.05, 0.1) is 0 Å². The van der Waals surface area contributed by atoms with Crippen molar-refractivity contribution in [2.24, 2.45) is 0 Å². The van der Waals surface area contributed by atoms with Gasteiger partial charge in [-0.1, -0.05) is 164 Å². The van der Waals surface area contributed by atoms with Crippen LogP contribution in [0.15, 0.2) is 192 Å². The zero-order chi connectivity index (χ0) is 36.3. The molecule has 11 aromatic rings. The Hall–Kier alpha value is -7.43. The van der Waals surface area contributed by atoms with Crippen LogP contribution in [0.4, 0.5) is 0 Å². The van der Waals surface area contributed by atoms with Gasteiger partial charge in [0.15, 0.2) is 17.5 Å². The van der Waals surface area contributed by atoms with E-state index in [-0.39, 0.29) is 0 Å². The Morgan fingerprint density at radius 1 is 0.291 bits per heavy atom. The zero-order valence-electron chi connectivity index (χ0n) is 29.6. The molecule has 0 radical (unpaired) electrons. The highest BCUT2D eigenvalue weighted by Crippen LogP contribution is 2.41. The molecule has 0 aliphatic rings. The summed E-state index contributed by atoms with van der Waals surface area (Å²) in [6.07, 6.45) is 0. The Morgan fingerprint density at radius 2 is 0.909 bits per heavy atom. The van der Waals surface area contributed by atoms with E-state index in [0.29, 0.717) is 17.5 Å². The number of benzene rings is 9. The van der Waals surface area contributed by atoms with Crippen molar-refractivity contribution in [3.05, 3.63) is 188 Å². The lowest BCUT2D eigenvalue weighted by Crippen LogP contribution is -2.00. The van der Waals surface area contributed by atoms with E-state index in [1.165, 1.54) is 37.9 Å². The van der Waals surface area contributed by atoms with Gasteiger partial charge >= 0.3 is 0 Å². The number of rotatable bonds is 5. The van der Waals surface area contributed by atoms with Gasteiger partial charge in [-0.3, -0.25) is 0 Å². The van der Waals surface area contributed by atoms with Crippen molar-refractivity contribution in [3.63, 3.8) is 0 Å². The minimum atomic E-state index is 0.596. The highest BCUT2D eigenvalue weighted by molar-refractivity contribution is 6.23. The summed E-state index contributed by atoms with van der Waals surface area (Å²) < 4.78 is 6.28. The van der Waals surface area contributed by atoms with Gasteiger partial charge in [0.1, 0.15) is 11.2 Å². The highest BCUT2D eigenvalue weighted by Gasteiger charge is 2.19. The van der Waals surface area contributed by atoms with Gasteiger partial charge < -0.3 is 4.42 Å². The molecular formula is C51H31N3O. The van der Waals surface area contributed by atoms with Crippen LogP contribution in [-0.4, -0.2) is 15.0 Å². The van der Waals surface area contributed by atoms with E-state index in [1.807, 2.05) is 36.4 Å². The van der Waals surface area contributed by atoms with Crippen molar-refractivity contribution in [2.45, 2.75) is 0 Å². The summed E-state index contributed by atoms with van der Waals surface area (Å²) in [5.74, 6) is 1.81. The number of para-hydroxylation sites is 1. The van der Waals surface area contributed by atoms with Crippen LogP contribution in [0.5, 0.6) is 0 Å². The second-order valence-corrected chi connectivity index (χ2v) is 14.0. The van der Waals surface area contributed by atoms with Crippen LogP contribution >= 0.6 is 0 Å². The molecule has 0 spiro atoms. The van der Waals surface area contributed by atoms with Gasteiger partial charge in [-0.2, -0.15) is 0 Å². The topological polar surface area (TPSA) is 51.8 Å². The summed E-state index contributed by atoms with van der Waals surface area (Å²) in [7, 11) is 0. The van der Waals surface area contributed by atoms with Crippen LogP contribution in [0.2, 0.25) is 0 Å². The molecule has 0 saturated heterocycles. The molecule has 256 valence electrons. The van der Waals surface area contributed by atoms with E-state index in [9.17, 15) is 0 Å². The third-order valence-corrected chi connectivity index (χ3v) is 10.7. The maximum atomic E-state index is 6.28. The van der Waals surface area contributed by atoms with Gasteiger partial charge in [-0.25, -0.2) is 15.0 Å². The number of nitrogens with zero attached hydrogens (tertiary/aromatic N) is 3. The molecule has 0 aliphatic carbocycles. The summed E-state index contributed by atoms with van der Waals surface area (Å²) in [6.45, 7) is 0. The second kappa shape index (κ2) is 12.6. The molecule has 0 fully saturated rings. The third-order valence-electron chi connectivity index (χ3n) is 10.7. The molecule has 2 aromatic heterocycles. The molecule has 0 atom stereocenters. The molecule has 9 aromatic carbocycles. The van der Waals surface area contributed by atoms with Gasteiger partial charge in [0.2, 0.25) is 0 Å². The normalized spacial score (nSPS) is 11.6. The van der Waals surface area contributed by atoms with Gasteiger partial charge in [-0.05, 0) is 78.8 Å². The molecule has 4 nitrogen and oxygen atoms in total. The average molecular weight is 702 g/mol. The van der Waals surface area contributed by atoms with Crippen LogP contribution in [0.1, 0.15) is 0 Å². The lowest BCUT2D eigenvalue weighted by molar-refractivity contribution is 0.669. The quantitative estimate of drug-likeness (QED) is 0.168. The maximum absolute atomic E-state index is 6.28. The Morgan fingerprint density at radius 3 is 1.76 bits per heavy atom. The van der Waals surface area contributed by atoms with Gasteiger partial charge in [0.25, 0.3) is 0 Å². The molecule has 0 amide bonds. The molecule has 0 aliphatic heterocycles. The summed E-state index contributed by atoms with van der Waals surface area (Å²) in [4.78, 5) is 15.5. The molecule has 0 saturated carbocycles. The monoisotopic (exact) mass is 701 g/mol. The van der Waals surface area contributed by atoms with E-state index in [1.54, 1.807) is 0 Å². The Balaban J connectivity index is 1.10. The standard InChI is InChI=1S/C51H31N3O/c1-2-12-32(13-3-1)36-16-10-17-38(30-36)50-52-49(53-51(54-50)43-21-11-23-46-48(43)42-20-8-9-22-45(42)55-46)35-26-24-34(25-27-35)44-31-37-15-5-6-18-39(37)41-29-28-33-14-4-7-19-40(33)47(41)44/h1-31H. The summed E-state index contributed by atoms with van der Waals surface area (Å²) in [6, 6.07) is 65.8. The Labute approximate surface area is 317 Å². The molecule has 2 heterocycles. The molecule has 0 bridgehead atoms. The molecule has 55 heavy (non-hydrogen) atoms. The number of aromatic nitrogens is 3. The van der Waals surface area contributed by atoms with Gasteiger partial charge in [-0.15, -0.1) is 0 Å². The fraction of sp³-hybridized carbons (Fsp3) is 0. The first-order valence-corrected chi connectivity index (χ1v) is 18.5. The molecule has 0 N–H and O–H groups in total. The number of hydrogen-bond donors (Lipinski definition) is 0. The molecular weight excluding hydrogens is 671 g/mol. The first kappa shape index (κ1) is 31.1. The molecule has 11 rings (SSSR count). The summed E-state index contributed by atoms with van der Waals surface area (Å²) >= 11 is 0. The smallest absolute Gasteiger partial charge is 0.164 e. The summed E-state index contributed by atoms with van der Waals surface area (Å²) in [5, 5.41) is 9.47. The first-order valence-electron chi connectivity index (χ1n) is 18.5. The van der Waals surface area contributed by atoms with Crippen molar-refractivity contribution < 1.29 is 4.42 Å². The van der Waals surface area contributed by atoms with E-state index in [0.717, 1.165) is 55.3 Å². The van der Waals surface area contributed by atoms with Crippen LogP contribution in [0.25, 0.3) is 111 Å². The van der Waals surface area contributed by atoms with Crippen molar-refractivity contribution in [3.8, 4) is 56.4 Å². The number of fused-ring (bicyclic) bond motifs is 8. The fourth-order valence-electron chi connectivity index (χ4n) is 8.09. The van der Waals surface area contributed by atoms with E-state index >= 15 is 0 Å². The number of hydrogen-bond acceptors (Lipinski definition) is 4. The second-order valence-electron chi connectivity index (χ2n) is 14.0. The van der Waals surface area contributed by atoms with Crippen molar-refractivity contribution >= 4 is 54.3 Å². The van der Waals surface area contributed by atoms with E-state index in [2.05, 4.69) is 152 Å². The lowest BCUT2D eigenvalue weighted by atomic mass is 9.90. The lowest BCUT2D eigenvalue weighted by Gasteiger charge is -2.14. The molecule has 4 heteroatoms. The van der Waals surface area contributed by atoms with E-state index in [4.69, 9.17) is 19.4 Å². The predicted molar refractivity (Wildman–Crippen MR) is 227 cm³/mol. The minimum Gasteiger partial charge on any atom is -0.456 e. The van der Waals surface area contributed by atoms with Crippen molar-refractivity contribution in [1.29, 1.82) is 0 Å². The SMILES string of the molecule is c1ccc(-c2cccc(-c3nc(-c4ccc(-c5cc6ccccc6c6ccc7ccccc7c56)cc4)nc(-c4cccc5oc6ccccc6c45)n3)c2)cc1. The maximum Gasteiger partial charge on any atom is 0.164 e. The van der Waals surface area contributed by atoms with Crippen LogP contribution < -0.4 is 0 Å². The third kappa shape index (κ3) is 5.26. The Bertz CT molecular complexity index is 3260. The van der Waals surface area contributed by atoms with Crippen molar-refractivity contribution in [2.75, 3.05) is 0 Å². The minimum absolute atomic E-state index is 0.596. The van der Waals surface area contributed by atoms with Crippen LogP contribution in [0.3, 0.4) is 0 Å². The zero-order valence-corrected chi connectivity index (χ0v) is 29.6. The average Bonchev–Trinajstić information content (AvgIpc) is 3.65.